The van der Waals surface area contributed by atoms with Crippen molar-refractivity contribution >= 4 is 31.7 Å². The second-order valence-corrected chi connectivity index (χ2v) is 9.59. The van der Waals surface area contributed by atoms with Gasteiger partial charge in [-0.1, -0.05) is 15.9 Å². The van der Waals surface area contributed by atoms with Crippen molar-refractivity contribution < 1.29 is 13.2 Å². The molecule has 1 fully saturated rings. The molecule has 0 atom stereocenters. The first-order valence-corrected chi connectivity index (χ1v) is 11.2. The summed E-state index contributed by atoms with van der Waals surface area (Å²) in [5.41, 5.74) is 1.44. The molecule has 1 saturated heterocycles. The van der Waals surface area contributed by atoms with Gasteiger partial charge in [-0.05, 0) is 24.3 Å². The standard InChI is InChI=1S/C17H21BrN4O3S/c1-26(24,25)11-10-20-6-8-21(9-7-20)17(23)14-12-19-22(13-14)16-4-2-15(18)3-5-16/h2-5,12-13H,6-11H2,1H3. The Morgan fingerprint density at radius 2 is 1.81 bits per heavy atom. The van der Waals surface area contributed by atoms with Crippen molar-refractivity contribution in [3.8, 4) is 5.69 Å². The van der Waals surface area contributed by atoms with Crippen LogP contribution in [-0.2, 0) is 9.84 Å². The van der Waals surface area contributed by atoms with E-state index in [-0.39, 0.29) is 11.7 Å². The van der Waals surface area contributed by atoms with Gasteiger partial charge >= 0.3 is 0 Å². The normalized spacial score (nSPS) is 16.0. The maximum atomic E-state index is 12.7. The van der Waals surface area contributed by atoms with Crippen LogP contribution in [0.1, 0.15) is 10.4 Å². The van der Waals surface area contributed by atoms with Crippen LogP contribution in [0.4, 0.5) is 0 Å². The second-order valence-electron chi connectivity index (χ2n) is 6.41. The van der Waals surface area contributed by atoms with Crippen molar-refractivity contribution in [3.63, 3.8) is 0 Å². The maximum Gasteiger partial charge on any atom is 0.257 e. The summed E-state index contributed by atoms with van der Waals surface area (Å²) in [6.45, 7) is 3.06. The van der Waals surface area contributed by atoms with Crippen molar-refractivity contribution in [3.05, 3.63) is 46.7 Å². The summed E-state index contributed by atoms with van der Waals surface area (Å²) in [5.74, 6) is 0.108. The molecule has 1 amide bonds. The molecule has 3 rings (SSSR count). The van der Waals surface area contributed by atoms with E-state index in [0.717, 1.165) is 10.2 Å². The summed E-state index contributed by atoms with van der Waals surface area (Å²) in [6.07, 6.45) is 4.57. The smallest absolute Gasteiger partial charge is 0.257 e. The fraction of sp³-hybridized carbons (Fsp3) is 0.412. The van der Waals surface area contributed by atoms with Crippen LogP contribution in [0.15, 0.2) is 41.1 Å². The van der Waals surface area contributed by atoms with Crippen molar-refractivity contribution in [2.75, 3.05) is 44.7 Å². The summed E-state index contributed by atoms with van der Waals surface area (Å²) in [4.78, 5) is 16.5. The first-order chi connectivity index (χ1) is 12.3. The molecular formula is C17H21BrN4O3S. The molecule has 0 saturated carbocycles. The Kier molecular flexibility index (Phi) is 5.79. The van der Waals surface area contributed by atoms with E-state index in [4.69, 9.17) is 0 Å². The van der Waals surface area contributed by atoms with Gasteiger partial charge in [-0.15, -0.1) is 0 Å². The predicted molar refractivity (Wildman–Crippen MR) is 103 cm³/mol. The molecule has 26 heavy (non-hydrogen) atoms. The monoisotopic (exact) mass is 440 g/mol. The number of rotatable bonds is 5. The van der Waals surface area contributed by atoms with Crippen LogP contribution in [0, 0.1) is 0 Å². The first kappa shape index (κ1) is 19.1. The number of carbonyl (C=O) groups excluding carboxylic acids is 1. The largest absolute Gasteiger partial charge is 0.336 e. The van der Waals surface area contributed by atoms with E-state index in [1.807, 2.05) is 24.3 Å². The summed E-state index contributed by atoms with van der Waals surface area (Å²) in [6, 6.07) is 7.69. The van der Waals surface area contributed by atoms with Gasteiger partial charge in [0.05, 0.1) is 23.2 Å². The minimum atomic E-state index is -2.96. The summed E-state index contributed by atoms with van der Waals surface area (Å²) in [5, 5.41) is 4.28. The Hall–Kier alpha value is -1.71. The summed E-state index contributed by atoms with van der Waals surface area (Å²) in [7, 11) is -2.96. The van der Waals surface area contributed by atoms with E-state index in [1.54, 1.807) is 22.0 Å². The number of aromatic nitrogens is 2. The molecule has 7 nitrogen and oxygen atoms in total. The van der Waals surface area contributed by atoms with E-state index in [2.05, 4.69) is 25.9 Å². The van der Waals surface area contributed by atoms with Gasteiger partial charge in [0.15, 0.2) is 0 Å². The zero-order chi connectivity index (χ0) is 18.7. The molecule has 1 aromatic carbocycles. The molecule has 1 aromatic heterocycles. The lowest BCUT2D eigenvalue weighted by Crippen LogP contribution is -2.49. The molecule has 0 spiro atoms. The van der Waals surface area contributed by atoms with Gasteiger partial charge in [0.25, 0.3) is 5.91 Å². The lowest BCUT2D eigenvalue weighted by molar-refractivity contribution is 0.0644. The van der Waals surface area contributed by atoms with Crippen LogP contribution < -0.4 is 0 Å². The number of nitrogens with zero attached hydrogens (tertiary/aromatic N) is 4. The molecule has 2 heterocycles. The van der Waals surface area contributed by atoms with E-state index < -0.39 is 9.84 Å². The number of benzene rings is 1. The highest BCUT2D eigenvalue weighted by atomic mass is 79.9. The highest BCUT2D eigenvalue weighted by Gasteiger charge is 2.23. The number of hydrogen-bond donors (Lipinski definition) is 0. The van der Waals surface area contributed by atoms with Gasteiger partial charge in [0.1, 0.15) is 9.84 Å². The van der Waals surface area contributed by atoms with Crippen LogP contribution in [0.25, 0.3) is 5.69 Å². The molecule has 0 bridgehead atoms. The molecule has 1 aliphatic heterocycles. The third kappa shape index (κ3) is 4.93. The molecule has 2 aromatic rings. The van der Waals surface area contributed by atoms with Crippen molar-refractivity contribution in [2.45, 2.75) is 0 Å². The van der Waals surface area contributed by atoms with Crippen LogP contribution in [0.3, 0.4) is 0 Å². The van der Waals surface area contributed by atoms with Crippen molar-refractivity contribution in [1.82, 2.24) is 19.6 Å². The predicted octanol–water partition coefficient (Wildman–Crippen LogP) is 1.44. The molecule has 0 N–H and O–H groups in total. The minimum absolute atomic E-state index is 0.0453. The highest BCUT2D eigenvalue weighted by molar-refractivity contribution is 9.10. The Morgan fingerprint density at radius 3 is 2.42 bits per heavy atom. The average Bonchev–Trinajstić information content (AvgIpc) is 3.10. The van der Waals surface area contributed by atoms with Gasteiger partial charge in [-0.2, -0.15) is 5.10 Å². The van der Waals surface area contributed by atoms with Gasteiger partial charge in [-0.25, -0.2) is 13.1 Å². The first-order valence-electron chi connectivity index (χ1n) is 8.32. The number of sulfone groups is 1. The molecule has 140 valence electrons. The Balaban J connectivity index is 1.58. The van der Waals surface area contributed by atoms with E-state index in [1.165, 1.54) is 6.26 Å². The molecule has 1 aliphatic rings. The quantitative estimate of drug-likeness (QED) is 0.702. The second kappa shape index (κ2) is 7.89. The zero-order valence-corrected chi connectivity index (χ0v) is 16.9. The number of hydrogen-bond acceptors (Lipinski definition) is 5. The maximum absolute atomic E-state index is 12.7. The van der Waals surface area contributed by atoms with E-state index in [9.17, 15) is 13.2 Å². The van der Waals surface area contributed by atoms with Crippen molar-refractivity contribution in [2.24, 2.45) is 0 Å². The number of amides is 1. The van der Waals surface area contributed by atoms with Crippen LogP contribution in [0.5, 0.6) is 0 Å². The van der Waals surface area contributed by atoms with Gasteiger partial charge in [0, 0.05) is 49.6 Å². The Morgan fingerprint density at radius 1 is 1.15 bits per heavy atom. The zero-order valence-electron chi connectivity index (χ0n) is 14.5. The lowest BCUT2D eigenvalue weighted by atomic mass is 10.2. The lowest BCUT2D eigenvalue weighted by Gasteiger charge is -2.34. The van der Waals surface area contributed by atoms with Crippen LogP contribution >= 0.6 is 15.9 Å². The van der Waals surface area contributed by atoms with Gasteiger partial charge in [0.2, 0.25) is 0 Å². The number of carbonyl (C=O) groups is 1. The molecule has 0 radical (unpaired) electrons. The molecule has 9 heteroatoms. The third-order valence-electron chi connectivity index (χ3n) is 4.36. The SMILES string of the molecule is CS(=O)(=O)CCN1CCN(C(=O)c2cnn(-c3ccc(Br)cc3)c2)CC1. The number of piperazine rings is 1. The third-order valence-corrected chi connectivity index (χ3v) is 5.81. The fourth-order valence-electron chi connectivity index (χ4n) is 2.82. The van der Waals surface area contributed by atoms with E-state index in [0.29, 0.717) is 38.3 Å². The molecular weight excluding hydrogens is 420 g/mol. The van der Waals surface area contributed by atoms with Crippen molar-refractivity contribution in [1.29, 1.82) is 0 Å². The topological polar surface area (TPSA) is 75.5 Å². The van der Waals surface area contributed by atoms with E-state index >= 15 is 0 Å². The Labute approximate surface area is 161 Å². The minimum Gasteiger partial charge on any atom is -0.336 e. The Bertz CT molecular complexity index is 872. The molecule has 0 unspecified atom stereocenters. The van der Waals surface area contributed by atoms with Crippen LogP contribution in [-0.4, -0.2) is 78.6 Å². The number of halogens is 1. The fourth-order valence-corrected chi connectivity index (χ4v) is 3.67. The van der Waals surface area contributed by atoms with Gasteiger partial charge in [-0.3, -0.25) is 9.69 Å². The van der Waals surface area contributed by atoms with Crippen LogP contribution in [0.2, 0.25) is 0 Å². The summed E-state index contributed by atoms with van der Waals surface area (Å²) >= 11 is 3.40. The van der Waals surface area contributed by atoms with Gasteiger partial charge < -0.3 is 4.90 Å². The molecule has 0 aliphatic carbocycles. The average molecular weight is 441 g/mol. The highest BCUT2D eigenvalue weighted by Crippen LogP contribution is 2.15. The summed E-state index contributed by atoms with van der Waals surface area (Å²) < 4.78 is 25.2.